The molecular formula is C14H26N2O3S. The van der Waals surface area contributed by atoms with Gasteiger partial charge >= 0.3 is 0 Å². The van der Waals surface area contributed by atoms with E-state index in [9.17, 15) is 13.2 Å². The Morgan fingerprint density at radius 1 is 1.10 bits per heavy atom. The predicted molar refractivity (Wildman–Crippen MR) is 79.3 cm³/mol. The standard InChI is InChI=1S/C14H26N2O3S/c1-13(2,20(3,18)19)12(17)16-10-6-14(7-11-16)4-8-15-9-5-14/h15H,4-11H2,1-3H3. The molecule has 0 unspecified atom stereocenters. The second-order valence-corrected chi connectivity index (χ2v) is 9.39. The average molecular weight is 302 g/mol. The summed E-state index contributed by atoms with van der Waals surface area (Å²) in [5.74, 6) is -0.246. The first-order chi connectivity index (χ1) is 9.18. The van der Waals surface area contributed by atoms with Crippen LogP contribution in [0.15, 0.2) is 0 Å². The molecule has 20 heavy (non-hydrogen) atoms. The van der Waals surface area contributed by atoms with Crippen molar-refractivity contribution in [2.45, 2.75) is 44.3 Å². The van der Waals surface area contributed by atoms with Gasteiger partial charge in [0.25, 0.3) is 0 Å². The van der Waals surface area contributed by atoms with Gasteiger partial charge in [-0.3, -0.25) is 4.79 Å². The zero-order valence-corrected chi connectivity index (χ0v) is 13.6. The van der Waals surface area contributed by atoms with Gasteiger partial charge in [-0.05, 0) is 58.0 Å². The first-order valence-electron chi connectivity index (χ1n) is 7.38. The third-order valence-electron chi connectivity index (χ3n) is 5.22. The van der Waals surface area contributed by atoms with E-state index in [0.717, 1.165) is 32.2 Å². The van der Waals surface area contributed by atoms with Gasteiger partial charge in [0.05, 0.1) is 0 Å². The smallest absolute Gasteiger partial charge is 0.243 e. The lowest BCUT2D eigenvalue weighted by Gasteiger charge is -2.45. The summed E-state index contributed by atoms with van der Waals surface area (Å²) in [6, 6.07) is 0. The third kappa shape index (κ3) is 2.86. The number of hydrogen-bond donors (Lipinski definition) is 1. The molecule has 0 aromatic rings. The Bertz CT molecular complexity index is 469. The maximum atomic E-state index is 12.5. The third-order valence-corrected chi connectivity index (χ3v) is 7.25. The molecule has 0 bridgehead atoms. The molecule has 2 aliphatic heterocycles. The number of amides is 1. The highest BCUT2D eigenvalue weighted by atomic mass is 32.2. The van der Waals surface area contributed by atoms with Crippen molar-refractivity contribution >= 4 is 15.7 Å². The van der Waals surface area contributed by atoms with Crippen LogP contribution >= 0.6 is 0 Å². The van der Waals surface area contributed by atoms with Gasteiger partial charge in [-0.2, -0.15) is 0 Å². The zero-order valence-electron chi connectivity index (χ0n) is 12.7. The number of nitrogens with zero attached hydrogens (tertiary/aromatic N) is 1. The SMILES string of the molecule is CC(C)(C(=O)N1CCC2(CCNCC2)CC1)S(C)(=O)=O. The number of nitrogens with one attached hydrogen (secondary N) is 1. The van der Waals surface area contributed by atoms with E-state index in [1.54, 1.807) is 4.90 Å². The molecule has 0 aromatic carbocycles. The molecule has 2 rings (SSSR count). The van der Waals surface area contributed by atoms with Crippen molar-refractivity contribution < 1.29 is 13.2 Å². The molecule has 116 valence electrons. The van der Waals surface area contributed by atoms with Gasteiger partial charge < -0.3 is 10.2 Å². The summed E-state index contributed by atoms with van der Waals surface area (Å²) in [7, 11) is -3.39. The normalized spacial score (nSPS) is 23.9. The topological polar surface area (TPSA) is 66.5 Å². The van der Waals surface area contributed by atoms with Crippen LogP contribution in [0.2, 0.25) is 0 Å². The first-order valence-corrected chi connectivity index (χ1v) is 9.27. The molecule has 1 N–H and O–H groups in total. The fraction of sp³-hybridized carbons (Fsp3) is 0.929. The number of carbonyl (C=O) groups excluding carboxylic acids is 1. The summed E-state index contributed by atoms with van der Waals surface area (Å²) in [6.07, 6.45) is 5.48. The minimum Gasteiger partial charge on any atom is -0.341 e. The molecule has 0 atom stereocenters. The maximum absolute atomic E-state index is 12.5. The molecule has 2 fully saturated rings. The van der Waals surface area contributed by atoms with Crippen LogP contribution in [-0.2, 0) is 14.6 Å². The Kier molecular flexibility index (Phi) is 4.17. The second kappa shape index (κ2) is 5.30. The minimum absolute atomic E-state index is 0.246. The Balaban J connectivity index is 2.02. The predicted octanol–water partition coefficient (Wildman–Crippen LogP) is 0.802. The summed E-state index contributed by atoms with van der Waals surface area (Å²) in [4.78, 5) is 14.2. The Hall–Kier alpha value is -0.620. The zero-order chi connectivity index (χ0) is 15.0. The van der Waals surface area contributed by atoms with Gasteiger partial charge in [-0.1, -0.05) is 0 Å². The molecule has 2 saturated heterocycles. The Morgan fingerprint density at radius 3 is 2.05 bits per heavy atom. The molecule has 2 heterocycles. The van der Waals surface area contributed by atoms with Crippen molar-refractivity contribution in [2.24, 2.45) is 5.41 Å². The first kappa shape index (κ1) is 15.8. The number of rotatable bonds is 2. The van der Waals surface area contributed by atoms with Gasteiger partial charge in [0.2, 0.25) is 5.91 Å². The van der Waals surface area contributed by atoms with Crippen LogP contribution < -0.4 is 5.32 Å². The highest BCUT2D eigenvalue weighted by Gasteiger charge is 2.44. The van der Waals surface area contributed by atoms with E-state index >= 15 is 0 Å². The molecule has 0 aromatic heterocycles. The molecule has 1 amide bonds. The summed E-state index contributed by atoms with van der Waals surface area (Å²) in [6.45, 7) is 6.53. The van der Waals surface area contributed by atoms with Crippen molar-refractivity contribution in [3.8, 4) is 0 Å². The van der Waals surface area contributed by atoms with Crippen molar-refractivity contribution in [1.29, 1.82) is 0 Å². The van der Waals surface area contributed by atoms with E-state index in [0.29, 0.717) is 18.5 Å². The van der Waals surface area contributed by atoms with Gasteiger partial charge in [0.1, 0.15) is 4.75 Å². The van der Waals surface area contributed by atoms with Crippen LogP contribution in [0.5, 0.6) is 0 Å². The lowest BCUT2D eigenvalue weighted by Crippen LogP contribution is -2.54. The lowest BCUT2D eigenvalue weighted by molar-refractivity contribution is -0.135. The van der Waals surface area contributed by atoms with Gasteiger partial charge in [-0.15, -0.1) is 0 Å². The van der Waals surface area contributed by atoms with Crippen LogP contribution in [-0.4, -0.2) is 56.4 Å². The van der Waals surface area contributed by atoms with Crippen molar-refractivity contribution in [1.82, 2.24) is 10.2 Å². The van der Waals surface area contributed by atoms with Crippen molar-refractivity contribution in [3.63, 3.8) is 0 Å². The number of piperidine rings is 2. The fourth-order valence-electron chi connectivity index (χ4n) is 3.18. The molecule has 0 aliphatic carbocycles. The number of carbonyl (C=O) groups is 1. The van der Waals surface area contributed by atoms with Crippen molar-refractivity contribution in [3.05, 3.63) is 0 Å². The molecule has 0 saturated carbocycles. The highest BCUT2D eigenvalue weighted by Crippen LogP contribution is 2.40. The summed E-state index contributed by atoms with van der Waals surface area (Å²) >= 11 is 0. The number of sulfone groups is 1. The van der Waals surface area contributed by atoms with E-state index in [2.05, 4.69) is 5.32 Å². The fourth-order valence-corrected chi connectivity index (χ4v) is 3.63. The summed E-state index contributed by atoms with van der Waals surface area (Å²) in [5, 5.41) is 3.37. The number of likely N-dealkylation sites (tertiary alicyclic amines) is 1. The average Bonchev–Trinajstić information content (AvgIpc) is 2.38. The molecule has 1 spiro atoms. The van der Waals surface area contributed by atoms with Gasteiger partial charge in [0, 0.05) is 19.3 Å². The van der Waals surface area contributed by atoms with Crippen LogP contribution in [0.4, 0.5) is 0 Å². The van der Waals surface area contributed by atoms with E-state index in [-0.39, 0.29) is 5.91 Å². The lowest BCUT2D eigenvalue weighted by atomic mass is 9.71. The Morgan fingerprint density at radius 2 is 1.60 bits per heavy atom. The summed E-state index contributed by atoms with van der Waals surface area (Å²) < 4.78 is 22.2. The van der Waals surface area contributed by atoms with Crippen LogP contribution in [0.1, 0.15) is 39.5 Å². The maximum Gasteiger partial charge on any atom is 0.243 e. The summed E-state index contributed by atoms with van der Waals surface area (Å²) in [5.41, 5.74) is 0.372. The molecule has 5 nitrogen and oxygen atoms in total. The van der Waals surface area contributed by atoms with Crippen LogP contribution in [0, 0.1) is 5.41 Å². The minimum atomic E-state index is -3.39. The second-order valence-electron chi connectivity index (χ2n) is 6.82. The van der Waals surface area contributed by atoms with E-state index in [1.165, 1.54) is 26.7 Å². The van der Waals surface area contributed by atoms with Crippen molar-refractivity contribution in [2.75, 3.05) is 32.4 Å². The van der Waals surface area contributed by atoms with Gasteiger partial charge in [0.15, 0.2) is 9.84 Å². The molecular weight excluding hydrogens is 276 g/mol. The van der Waals surface area contributed by atoms with Crippen LogP contribution in [0.3, 0.4) is 0 Å². The van der Waals surface area contributed by atoms with E-state index in [1.807, 2.05) is 0 Å². The monoisotopic (exact) mass is 302 g/mol. The number of hydrogen-bond acceptors (Lipinski definition) is 4. The van der Waals surface area contributed by atoms with E-state index < -0.39 is 14.6 Å². The van der Waals surface area contributed by atoms with Gasteiger partial charge in [-0.25, -0.2) is 8.42 Å². The Labute approximate surface area is 122 Å². The quantitative estimate of drug-likeness (QED) is 0.819. The highest BCUT2D eigenvalue weighted by molar-refractivity contribution is 7.92. The molecule has 6 heteroatoms. The largest absolute Gasteiger partial charge is 0.341 e. The molecule has 2 aliphatic rings. The van der Waals surface area contributed by atoms with E-state index in [4.69, 9.17) is 0 Å². The molecule has 0 radical (unpaired) electrons. The van der Waals surface area contributed by atoms with Crippen LogP contribution in [0.25, 0.3) is 0 Å².